The Balaban J connectivity index is 2.27. The number of rotatable bonds is 2. The minimum atomic E-state index is -1.30. The lowest BCUT2D eigenvalue weighted by molar-refractivity contribution is -0.117. The standard InChI is InChI=1S/C11H10Cl2O2S/c12-8-5-4-7(6-9(8)13)16(15)11-3-1-2-10(11)14/h4-6,11H,1-3H2. The largest absolute Gasteiger partial charge is 0.298 e. The van der Waals surface area contributed by atoms with Gasteiger partial charge >= 0.3 is 0 Å². The molecule has 1 aliphatic rings. The molecule has 0 saturated heterocycles. The molecule has 0 radical (unpaired) electrons. The summed E-state index contributed by atoms with van der Waals surface area (Å²) in [5.41, 5.74) is 0. The van der Waals surface area contributed by atoms with Gasteiger partial charge in [0, 0.05) is 11.3 Å². The van der Waals surface area contributed by atoms with Crippen molar-refractivity contribution < 1.29 is 9.00 Å². The monoisotopic (exact) mass is 276 g/mol. The molecule has 1 fully saturated rings. The van der Waals surface area contributed by atoms with Crippen molar-refractivity contribution in [1.29, 1.82) is 0 Å². The smallest absolute Gasteiger partial charge is 0.148 e. The van der Waals surface area contributed by atoms with Crippen molar-refractivity contribution in [3.63, 3.8) is 0 Å². The summed E-state index contributed by atoms with van der Waals surface area (Å²) < 4.78 is 12.1. The van der Waals surface area contributed by atoms with E-state index in [2.05, 4.69) is 0 Å². The SMILES string of the molecule is O=C1CCCC1S(=O)c1ccc(Cl)c(Cl)c1. The van der Waals surface area contributed by atoms with Gasteiger partial charge in [-0.05, 0) is 31.0 Å². The summed E-state index contributed by atoms with van der Waals surface area (Å²) in [5.74, 6) is 0.0874. The third-order valence-corrected chi connectivity index (χ3v) is 5.10. The molecule has 16 heavy (non-hydrogen) atoms. The van der Waals surface area contributed by atoms with Crippen molar-refractivity contribution in [2.75, 3.05) is 0 Å². The van der Waals surface area contributed by atoms with Gasteiger partial charge in [-0.1, -0.05) is 23.2 Å². The molecule has 2 rings (SSSR count). The molecule has 1 aliphatic carbocycles. The molecule has 0 heterocycles. The third kappa shape index (κ3) is 2.31. The number of ketones is 1. The lowest BCUT2D eigenvalue weighted by Crippen LogP contribution is -2.19. The predicted molar refractivity (Wildman–Crippen MR) is 65.5 cm³/mol. The van der Waals surface area contributed by atoms with Crippen LogP contribution in [0, 0.1) is 0 Å². The normalized spacial score (nSPS) is 22.4. The average molecular weight is 277 g/mol. The van der Waals surface area contributed by atoms with Gasteiger partial charge in [0.25, 0.3) is 0 Å². The lowest BCUT2D eigenvalue weighted by atomic mass is 10.3. The number of halogens is 2. The molecule has 2 unspecified atom stereocenters. The lowest BCUT2D eigenvalue weighted by Gasteiger charge is -2.08. The van der Waals surface area contributed by atoms with Gasteiger partial charge in [-0.25, -0.2) is 0 Å². The summed E-state index contributed by atoms with van der Waals surface area (Å²) in [4.78, 5) is 12.1. The molecular weight excluding hydrogens is 267 g/mol. The van der Waals surface area contributed by atoms with Crippen LogP contribution >= 0.6 is 23.2 Å². The van der Waals surface area contributed by atoms with E-state index in [4.69, 9.17) is 23.2 Å². The van der Waals surface area contributed by atoms with Gasteiger partial charge in [0.2, 0.25) is 0 Å². The minimum Gasteiger partial charge on any atom is -0.298 e. The number of Topliss-reactive ketones (excluding diaryl/α,β-unsaturated/α-hetero) is 1. The van der Waals surface area contributed by atoms with Gasteiger partial charge in [-0.2, -0.15) is 0 Å². The van der Waals surface area contributed by atoms with E-state index in [9.17, 15) is 9.00 Å². The summed E-state index contributed by atoms with van der Waals surface area (Å²) in [5, 5.41) is 0.440. The van der Waals surface area contributed by atoms with Crippen LogP contribution in [0.3, 0.4) is 0 Å². The zero-order chi connectivity index (χ0) is 11.7. The second-order valence-corrected chi connectivity index (χ2v) is 6.17. The first kappa shape index (κ1) is 12.1. The van der Waals surface area contributed by atoms with Crippen molar-refractivity contribution >= 4 is 39.8 Å². The van der Waals surface area contributed by atoms with Crippen LogP contribution in [0.2, 0.25) is 10.0 Å². The van der Waals surface area contributed by atoms with Crippen LogP contribution in [0.15, 0.2) is 23.1 Å². The topological polar surface area (TPSA) is 34.1 Å². The van der Waals surface area contributed by atoms with E-state index in [1.807, 2.05) is 0 Å². The van der Waals surface area contributed by atoms with Crippen LogP contribution in [0.25, 0.3) is 0 Å². The van der Waals surface area contributed by atoms with E-state index in [0.717, 1.165) is 6.42 Å². The first-order valence-electron chi connectivity index (χ1n) is 4.98. The van der Waals surface area contributed by atoms with Gasteiger partial charge in [0.15, 0.2) is 0 Å². The zero-order valence-electron chi connectivity index (χ0n) is 8.41. The molecule has 2 nitrogen and oxygen atoms in total. The molecule has 1 aromatic carbocycles. The highest BCUT2D eigenvalue weighted by molar-refractivity contribution is 7.86. The highest BCUT2D eigenvalue weighted by Gasteiger charge is 2.30. The van der Waals surface area contributed by atoms with E-state index < -0.39 is 10.8 Å². The number of carbonyl (C=O) groups is 1. The Labute approximate surface area is 106 Å². The minimum absolute atomic E-state index is 0.0874. The molecule has 0 aromatic heterocycles. The Hall–Kier alpha value is -0.380. The fourth-order valence-corrected chi connectivity index (χ4v) is 3.64. The van der Waals surface area contributed by atoms with Crippen molar-refractivity contribution in [2.24, 2.45) is 0 Å². The maximum absolute atomic E-state index is 12.1. The maximum Gasteiger partial charge on any atom is 0.148 e. The van der Waals surface area contributed by atoms with E-state index in [-0.39, 0.29) is 11.0 Å². The van der Waals surface area contributed by atoms with Crippen molar-refractivity contribution in [3.8, 4) is 0 Å². The van der Waals surface area contributed by atoms with Crippen LogP contribution < -0.4 is 0 Å². The van der Waals surface area contributed by atoms with Gasteiger partial charge < -0.3 is 0 Å². The molecule has 0 bridgehead atoms. The number of benzene rings is 1. The molecule has 0 amide bonds. The van der Waals surface area contributed by atoms with Crippen LogP contribution in [0.5, 0.6) is 0 Å². The molecule has 0 N–H and O–H groups in total. The molecular formula is C11H10Cl2O2S. The average Bonchev–Trinajstić information content (AvgIpc) is 2.67. The highest BCUT2D eigenvalue weighted by Crippen LogP contribution is 2.28. The Morgan fingerprint density at radius 3 is 2.56 bits per heavy atom. The van der Waals surface area contributed by atoms with Gasteiger partial charge in [0.05, 0.1) is 26.1 Å². The maximum atomic E-state index is 12.1. The Bertz CT molecular complexity index is 459. The van der Waals surface area contributed by atoms with Crippen LogP contribution in [0.4, 0.5) is 0 Å². The molecule has 0 spiro atoms. The summed E-state index contributed by atoms with van der Waals surface area (Å²) >= 11 is 11.6. The van der Waals surface area contributed by atoms with E-state index in [1.165, 1.54) is 0 Å². The van der Waals surface area contributed by atoms with Crippen molar-refractivity contribution in [2.45, 2.75) is 29.4 Å². The molecule has 0 aliphatic heterocycles. The van der Waals surface area contributed by atoms with Gasteiger partial charge in [0.1, 0.15) is 5.78 Å². The Morgan fingerprint density at radius 1 is 1.25 bits per heavy atom. The number of carbonyl (C=O) groups excluding carboxylic acids is 1. The quantitative estimate of drug-likeness (QED) is 0.831. The summed E-state index contributed by atoms with van der Waals surface area (Å²) in [6.07, 6.45) is 2.07. The van der Waals surface area contributed by atoms with E-state index in [0.29, 0.717) is 27.8 Å². The summed E-state index contributed by atoms with van der Waals surface area (Å²) in [6.45, 7) is 0. The molecule has 86 valence electrons. The highest BCUT2D eigenvalue weighted by atomic mass is 35.5. The van der Waals surface area contributed by atoms with Crippen molar-refractivity contribution in [1.82, 2.24) is 0 Å². The number of hydrogen-bond donors (Lipinski definition) is 0. The molecule has 1 saturated carbocycles. The zero-order valence-corrected chi connectivity index (χ0v) is 10.7. The van der Waals surface area contributed by atoms with Crippen LogP contribution in [-0.4, -0.2) is 15.2 Å². The molecule has 1 aromatic rings. The summed E-state index contributed by atoms with van der Waals surface area (Å²) in [7, 11) is -1.30. The van der Waals surface area contributed by atoms with E-state index >= 15 is 0 Å². The summed E-state index contributed by atoms with van der Waals surface area (Å²) in [6, 6.07) is 4.85. The van der Waals surface area contributed by atoms with Crippen LogP contribution in [0.1, 0.15) is 19.3 Å². The first-order valence-corrected chi connectivity index (χ1v) is 6.95. The first-order chi connectivity index (χ1) is 7.59. The van der Waals surface area contributed by atoms with Gasteiger partial charge in [-0.3, -0.25) is 9.00 Å². The van der Waals surface area contributed by atoms with Gasteiger partial charge in [-0.15, -0.1) is 0 Å². The van der Waals surface area contributed by atoms with E-state index in [1.54, 1.807) is 18.2 Å². The predicted octanol–water partition coefficient (Wildman–Crippen LogP) is 3.22. The van der Waals surface area contributed by atoms with Crippen LogP contribution in [-0.2, 0) is 15.6 Å². The third-order valence-electron chi connectivity index (χ3n) is 2.63. The van der Waals surface area contributed by atoms with Crippen molar-refractivity contribution in [3.05, 3.63) is 28.2 Å². The molecule has 5 heteroatoms. The molecule has 2 atom stereocenters. The second-order valence-electron chi connectivity index (χ2n) is 3.72. The number of hydrogen-bond acceptors (Lipinski definition) is 2. The fourth-order valence-electron chi connectivity index (χ4n) is 1.78. The Morgan fingerprint density at radius 2 is 2.00 bits per heavy atom. The fraction of sp³-hybridized carbons (Fsp3) is 0.364. The Kier molecular flexibility index (Phi) is 3.67. The second kappa shape index (κ2) is 4.86.